The molecule has 0 bridgehead atoms. The van der Waals surface area contributed by atoms with E-state index in [9.17, 15) is 9.59 Å². The van der Waals surface area contributed by atoms with Gasteiger partial charge in [0.1, 0.15) is 5.41 Å². The Morgan fingerprint density at radius 1 is 1.54 bits per heavy atom. The topological polar surface area (TPSA) is 81.4 Å². The summed E-state index contributed by atoms with van der Waals surface area (Å²) in [6.45, 7) is 2.00. The van der Waals surface area contributed by atoms with Gasteiger partial charge in [-0.3, -0.25) is 15.0 Å². The number of carbonyl (C=O) groups excluding carboxylic acids is 2. The minimum Gasteiger partial charge on any atom is -0.465 e. The van der Waals surface area contributed by atoms with E-state index in [1.807, 2.05) is 5.43 Å². The van der Waals surface area contributed by atoms with Crippen LogP contribution in [0.4, 0.5) is 0 Å². The van der Waals surface area contributed by atoms with Crippen molar-refractivity contribution in [3.05, 3.63) is 0 Å². The standard InChI is InChI=1S/C8H14N2O3/c1-2-13-7(12)8(4-3-5-8)6(11)10-9/h2-5,9H2,1H3,(H,10,11). The second kappa shape index (κ2) is 3.74. The van der Waals surface area contributed by atoms with E-state index in [1.165, 1.54) is 0 Å². The first kappa shape index (κ1) is 9.98. The van der Waals surface area contributed by atoms with E-state index in [0.717, 1.165) is 6.42 Å². The number of amides is 1. The number of carbonyl (C=O) groups is 2. The normalized spacial score (nSPS) is 18.6. The molecule has 3 N–H and O–H groups in total. The van der Waals surface area contributed by atoms with Crippen molar-refractivity contribution in [1.29, 1.82) is 0 Å². The number of hydrogen-bond donors (Lipinski definition) is 2. The Morgan fingerprint density at radius 3 is 2.46 bits per heavy atom. The predicted molar refractivity (Wildman–Crippen MR) is 45.2 cm³/mol. The third-order valence-corrected chi connectivity index (χ3v) is 2.44. The predicted octanol–water partition coefficient (Wildman–Crippen LogP) is -0.290. The van der Waals surface area contributed by atoms with Crippen molar-refractivity contribution < 1.29 is 14.3 Å². The summed E-state index contributed by atoms with van der Waals surface area (Å²) in [5.74, 6) is 4.11. The molecule has 5 heteroatoms. The summed E-state index contributed by atoms with van der Waals surface area (Å²) in [7, 11) is 0. The molecular weight excluding hydrogens is 172 g/mol. The monoisotopic (exact) mass is 186 g/mol. The van der Waals surface area contributed by atoms with Gasteiger partial charge in [0, 0.05) is 0 Å². The van der Waals surface area contributed by atoms with Gasteiger partial charge >= 0.3 is 5.97 Å². The number of esters is 1. The summed E-state index contributed by atoms with van der Waals surface area (Å²) in [4.78, 5) is 22.7. The molecule has 13 heavy (non-hydrogen) atoms. The first-order valence-corrected chi connectivity index (χ1v) is 4.35. The van der Waals surface area contributed by atoms with Crippen molar-refractivity contribution in [2.45, 2.75) is 26.2 Å². The second-order valence-electron chi connectivity index (χ2n) is 3.13. The lowest BCUT2D eigenvalue weighted by atomic mass is 9.68. The van der Waals surface area contributed by atoms with Gasteiger partial charge in [-0.25, -0.2) is 5.84 Å². The summed E-state index contributed by atoms with van der Waals surface area (Å²) in [5.41, 5.74) is 1.01. The molecule has 1 amide bonds. The quantitative estimate of drug-likeness (QED) is 0.209. The lowest BCUT2D eigenvalue weighted by Crippen LogP contribution is -2.53. The first-order valence-electron chi connectivity index (χ1n) is 4.35. The van der Waals surface area contributed by atoms with E-state index in [1.54, 1.807) is 6.92 Å². The van der Waals surface area contributed by atoms with Crippen molar-refractivity contribution in [2.75, 3.05) is 6.61 Å². The molecule has 74 valence electrons. The molecule has 0 aromatic heterocycles. The molecular formula is C8H14N2O3. The lowest BCUT2D eigenvalue weighted by molar-refractivity contribution is -0.167. The van der Waals surface area contributed by atoms with Gasteiger partial charge in [0.25, 0.3) is 5.91 Å². The average molecular weight is 186 g/mol. The third-order valence-electron chi connectivity index (χ3n) is 2.44. The van der Waals surface area contributed by atoms with Crippen LogP contribution in [-0.4, -0.2) is 18.5 Å². The molecule has 0 atom stereocenters. The highest BCUT2D eigenvalue weighted by Crippen LogP contribution is 2.42. The Balaban J connectivity index is 2.69. The minimum atomic E-state index is -0.995. The van der Waals surface area contributed by atoms with Crippen LogP contribution in [0.2, 0.25) is 0 Å². The molecule has 5 nitrogen and oxygen atoms in total. The van der Waals surface area contributed by atoms with Gasteiger partial charge in [0.2, 0.25) is 0 Å². The number of nitrogens with one attached hydrogen (secondary N) is 1. The van der Waals surface area contributed by atoms with Crippen molar-refractivity contribution in [2.24, 2.45) is 11.3 Å². The highest BCUT2D eigenvalue weighted by atomic mass is 16.5. The van der Waals surface area contributed by atoms with Crippen LogP contribution in [-0.2, 0) is 14.3 Å². The lowest BCUT2D eigenvalue weighted by Gasteiger charge is -2.36. The molecule has 1 saturated carbocycles. The van der Waals surface area contributed by atoms with Gasteiger partial charge in [-0.15, -0.1) is 0 Å². The molecule has 1 aliphatic carbocycles. The number of hydrazine groups is 1. The zero-order valence-electron chi connectivity index (χ0n) is 7.63. The summed E-state index contributed by atoms with van der Waals surface area (Å²) >= 11 is 0. The molecule has 0 radical (unpaired) electrons. The fourth-order valence-electron chi connectivity index (χ4n) is 1.46. The van der Waals surface area contributed by atoms with Crippen LogP contribution >= 0.6 is 0 Å². The first-order chi connectivity index (χ1) is 6.17. The van der Waals surface area contributed by atoms with Crippen LogP contribution in [0.25, 0.3) is 0 Å². The van der Waals surface area contributed by atoms with Crippen LogP contribution < -0.4 is 11.3 Å². The van der Waals surface area contributed by atoms with E-state index in [4.69, 9.17) is 10.6 Å². The Bertz CT molecular complexity index is 223. The number of nitrogens with two attached hydrogens (primary N) is 1. The highest BCUT2D eigenvalue weighted by Gasteiger charge is 2.51. The maximum absolute atomic E-state index is 11.4. The van der Waals surface area contributed by atoms with E-state index >= 15 is 0 Å². The molecule has 0 aromatic rings. The van der Waals surface area contributed by atoms with E-state index in [2.05, 4.69) is 0 Å². The molecule has 0 unspecified atom stereocenters. The summed E-state index contributed by atoms with van der Waals surface area (Å²) in [6.07, 6.45) is 1.94. The molecule has 1 aliphatic rings. The summed E-state index contributed by atoms with van der Waals surface area (Å²) < 4.78 is 4.82. The van der Waals surface area contributed by atoms with Crippen LogP contribution in [0.1, 0.15) is 26.2 Å². The largest absolute Gasteiger partial charge is 0.465 e. The molecule has 1 fully saturated rings. The van der Waals surface area contributed by atoms with E-state index < -0.39 is 17.3 Å². The van der Waals surface area contributed by atoms with Gasteiger partial charge < -0.3 is 4.74 Å². The molecule has 0 saturated heterocycles. The van der Waals surface area contributed by atoms with Crippen LogP contribution in [0.5, 0.6) is 0 Å². The van der Waals surface area contributed by atoms with Gasteiger partial charge in [-0.05, 0) is 19.8 Å². The molecule has 0 aromatic carbocycles. The van der Waals surface area contributed by atoms with Crippen LogP contribution in [0.15, 0.2) is 0 Å². The van der Waals surface area contributed by atoms with E-state index in [-0.39, 0.29) is 0 Å². The van der Waals surface area contributed by atoms with Gasteiger partial charge in [0.05, 0.1) is 6.61 Å². The maximum Gasteiger partial charge on any atom is 0.321 e. The van der Waals surface area contributed by atoms with Crippen molar-refractivity contribution in [3.63, 3.8) is 0 Å². The SMILES string of the molecule is CCOC(=O)C1(C(=O)NN)CCC1. The maximum atomic E-state index is 11.4. The number of ether oxygens (including phenoxy) is 1. The zero-order valence-corrected chi connectivity index (χ0v) is 7.63. The van der Waals surface area contributed by atoms with Gasteiger partial charge in [0.15, 0.2) is 0 Å². The fraction of sp³-hybridized carbons (Fsp3) is 0.750. The Labute approximate surface area is 76.6 Å². The average Bonchev–Trinajstić information content (AvgIpc) is 2.02. The van der Waals surface area contributed by atoms with Gasteiger partial charge in [-0.2, -0.15) is 0 Å². The van der Waals surface area contributed by atoms with E-state index in [0.29, 0.717) is 19.4 Å². The highest BCUT2D eigenvalue weighted by molar-refractivity contribution is 6.03. The molecule has 1 rings (SSSR count). The minimum absolute atomic E-state index is 0.290. The fourth-order valence-corrected chi connectivity index (χ4v) is 1.46. The molecule has 0 aliphatic heterocycles. The Morgan fingerprint density at radius 2 is 2.15 bits per heavy atom. The second-order valence-corrected chi connectivity index (χ2v) is 3.13. The smallest absolute Gasteiger partial charge is 0.321 e. The van der Waals surface area contributed by atoms with Crippen molar-refractivity contribution in [1.82, 2.24) is 5.43 Å². The third kappa shape index (κ3) is 1.51. The number of hydrogen-bond acceptors (Lipinski definition) is 4. The number of rotatable bonds is 3. The Hall–Kier alpha value is -1.10. The zero-order chi connectivity index (χ0) is 9.90. The van der Waals surface area contributed by atoms with Gasteiger partial charge in [-0.1, -0.05) is 6.42 Å². The van der Waals surface area contributed by atoms with Crippen molar-refractivity contribution >= 4 is 11.9 Å². The molecule has 0 spiro atoms. The Kier molecular flexibility index (Phi) is 2.87. The van der Waals surface area contributed by atoms with Crippen molar-refractivity contribution in [3.8, 4) is 0 Å². The van der Waals surface area contributed by atoms with Crippen LogP contribution in [0, 0.1) is 5.41 Å². The summed E-state index contributed by atoms with van der Waals surface area (Å²) in [6, 6.07) is 0. The molecule has 0 heterocycles. The summed E-state index contributed by atoms with van der Waals surface area (Å²) in [5, 5.41) is 0. The van der Waals surface area contributed by atoms with Crippen LogP contribution in [0.3, 0.4) is 0 Å².